The molecule has 0 spiro atoms. The first kappa shape index (κ1) is 20.4. The summed E-state index contributed by atoms with van der Waals surface area (Å²) in [4.78, 5) is 4.11. The van der Waals surface area contributed by atoms with Gasteiger partial charge < -0.3 is 10.6 Å². The van der Waals surface area contributed by atoms with Gasteiger partial charge in [0.05, 0.1) is 5.75 Å². The summed E-state index contributed by atoms with van der Waals surface area (Å²) < 4.78 is 38.2. The highest BCUT2D eigenvalue weighted by atomic mass is 32.2. The zero-order chi connectivity index (χ0) is 18.0. The molecule has 0 amide bonds. The lowest BCUT2D eigenvalue weighted by Gasteiger charge is -2.13. The van der Waals surface area contributed by atoms with Crippen molar-refractivity contribution in [2.24, 2.45) is 4.99 Å². The number of nitrogens with one attached hydrogen (secondary N) is 3. The van der Waals surface area contributed by atoms with Crippen LogP contribution in [0.4, 0.5) is 4.39 Å². The second kappa shape index (κ2) is 10.2. The molecule has 0 fully saturated rings. The van der Waals surface area contributed by atoms with Crippen molar-refractivity contribution < 1.29 is 12.8 Å². The van der Waals surface area contributed by atoms with E-state index in [4.69, 9.17) is 0 Å². The van der Waals surface area contributed by atoms with Gasteiger partial charge in [-0.2, -0.15) is 0 Å². The lowest BCUT2D eigenvalue weighted by molar-refractivity contribution is 0.579. The number of benzene rings is 1. The number of halogens is 1. The Labute approximate surface area is 144 Å². The Morgan fingerprint density at radius 3 is 2.54 bits per heavy atom. The Kier molecular flexibility index (Phi) is 8.70. The summed E-state index contributed by atoms with van der Waals surface area (Å²) in [6.45, 7) is 5.18. The van der Waals surface area contributed by atoms with Crippen molar-refractivity contribution in [1.29, 1.82) is 0 Å². The molecule has 1 rings (SSSR count). The fourth-order valence-corrected chi connectivity index (χ4v) is 2.76. The zero-order valence-corrected chi connectivity index (χ0v) is 15.3. The number of guanidine groups is 1. The van der Waals surface area contributed by atoms with E-state index in [1.165, 1.54) is 12.1 Å². The first-order chi connectivity index (χ1) is 11.4. The van der Waals surface area contributed by atoms with E-state index in [0.717, 1.165) is 17.5 Å². The van der Waals surface area contributed by atoms with Gasteiger partial charge in [0, 0.05) is 26.7 Å². The Morgan fingerprint density at radius 2 is 1.92 bits per heavy atom. The van der Waals surface area contributed by atoms with Crippen LogP contribution in [0.5, 0.6) is 0 Å². The second-order valence-electron chi connectivity index (χ2n) is 5.40. The predicted molar refractivity (Wildman–Crippen MR) is 96.3 cm³/mol. The number of hydrogen-bond acceptors (Lipinski definition) is 3. The first-order valence-corrected chi connectivity index (χ1v) is 9.70. The van der Waals surface area contributed by atoms with Gasteiger partial charge in [0.25, 0.3) is 0 Å². The van der Waals surface area contributed by atoms with Crippen LogP contribution in [0, 0.1) is 12.7 Å². The molecule has 136 valence electrons. The molecule has 6 nitrogen and oxygen atoms in total. The number of aliphatic imine (C=N–C) groups is 1. The maximum atomic E-state index is 13.1. The summed E-state index contributed by atoms with van der Waals surface area (Å²) in [5, 5.41) is 6.31. The predicted octanol–water partition coefficient (Wildman–Crippen LogP) is 1.17. The highest BCUT2D eigenvalue weighted by molar-refractivity contribution is 7.89. The van der Waals surface area contributed by atoms with E-state index in [1.807, 2.05) is 6.92 Å². The molecule has 0 heterocycles. The summed E-state index contributed by atoms with van der Waals surface area (Å²) in [5.41, 5.74) is 2.02. The van der Waals surface area contributed by atoms with Crippen LogP contribution in [0.3, 0.4) is 0 Å². The van der Waals surface area contributed by atoms with Gasteiger partial charge in [-0.1, -0.05) is 6.07 Å². The fraction of sp³-hybridized carbons (Fsp3) is 0.562. The van der Waals surface area contributed by atoms with E-state index in [0.29, 0.717) is 32.0 Å². The molecular weight excluding hydrogens is 331 g/mol. The van der Waals surface area contributed by atoms with E-state index < -0.39 is 10.0 Å². The minimum Gasteiger partial charge on any atom is -0.356 e. The Balaban J connectivity index is 2.26. The van der Waals surface area contributed by atoms with E-state index in [1.54, 1.807) is 20.0 Å². The summed E-state index contributed by atoms with van der Waals surface area (Å²) in [7, 11) is -1.45. The Morgan fingerprint density at radius 1 is 1.21 bits per heavy atom. The topological polar surface area (TPSA) is 82.6 Å². The van der Waals surface area contributed by atoms with Crippen LogP contribution in [0.25, 0.3) is 0 Å². The highest BCUT2D eigenvalue weighted by Crippen LogP contribution is 2.10. The van der Waals surface area contributed by atoms with Gasteiger partial charge in [-0.15, -0.1) is 0 Å². The normalized spacial score (nSPS) is 12.2. The van der Waals surface area contributed by atoms with Crippen molar-refractivity contribution in [3.63, 3.8) is 0 Å². The molecule has 0 aliphatic heterocycles. The third kappa shape index (κ3) is 7.74. The van der Waals surface area contributed by atoms with Gasteiger partial charge in [-0.05, 0) is 49.9 Å². The molecular formula is C16H27FN4O2S. The van der Waals surface area contributed by atoms with Crippen LogP contribution in [0.15, 0.2) is 23.2 Å². The molecule has 0 saturated heterocycles. The van der Waals surface area contributed by atoms with Gasteiger partial charge in [0.1, 0.15) is 5.82 Å². The van der Waals surface area contributed by atoms with Crippen LogP contribution in [-0.2, 0) is 16.4 Å². The van der Waals surface area contributed by atoms with Gasteiger partial charge in [0.15, 0.2) is 5.96 Å². The quantitative estimate of drug-likeness (QED) is 0.352. The minimum atomic E-state index is -3.13. The Bertz CT molecular complexity index is 647. The van der Waals surface area contributed by atoms with Crippen LogP contribution in [-0.4, -0.2) is 46.8 Å². The molecule has 0 unspecified atom stereocenters. The van der Waals surface area contributed by atoms with E-state index in [9.17, 15) is 12.8 Å². The fourth-order valence-electron chi connectivity index (χ4n) is 2.10. The maximum Gasteiger partial charge on any atom is 0.211 e. The molecule has 1 aromatic carbocycles. The average molecular weight is 358 g/mol. The molecule has 0 aliphatic carbocycles. The van der Waals surface area contributed by atoms with Gasteiger partial charge in [-0.25, -0.2) is 17.5 Å². The summed E-state index contributed by atoms with van der Waals surface area (Å²) in [6, 6.07) is 4.79. The van der Waals surface area contributed by atoms with E-state index in [2.05, 4.69) is 20.3 Å². The summed E-state index contributed by atoms with van der Waals surface area (Å²) >= 11 is 0. The summed E-state index contributed by atoms with van der Waals surface area (Å²) in [5.74, 6) is 0.528. The van der Waals surface area contributed by atoms with Crippen molar-refractivity contribution >= 4 is 16.0 Å². The lowest BCUT2D eigenvalue weighted by Crippen LogP contribution is -2.39. The van der Waals surface area contributed by atoms with Crippen molar-refractivity contribution in [1.82, 2.24) is 15.4 Å². The first-order valence-electron chi connectivity index (χ1n) is 8.05. The van der Waals surface area contributed by atoms with E-state index >= 15 is 0 Å². The molecule has 0 atom stereocenters. The number of rotatable bonds is 9. The minimum absolute atomic E-state index is 0.0897. The molecule has 1 aromatic rings. The molecule has 3 N–H and O–H groups in total. The average Bonchev–Trinajstić information content (AvgIpc) is 2.54. The van der Waals surface area contributed by atoms with Crippen molar-refractivity contribution in [2.75, 3.05) is 32.4 Å². The molecule has 24 heavy (non-hydrogen) atoms. The lowest BCUT2D eigenvalue weighted by atomic mass is 10.1. The largest absolute Gasteiger partial charge is 0.356 e. The van der Waals surface area contributed by atoms with Crippen molar-refractivity contribution in [2.45, 2.75) is 26.7 Å². The molecule has 0 aromatic heterocycles. The number of sulfonamides is 1. The molecule has 0 bridgehead atoms. The van der Waals surface area contributed by atoms with Gasteiger partial charge in [-0.3, -0.25) is 4.99 Å². The molecule has 0 radical (unpaired) electrons. The highest BCUT2D eigenvalue weighted by Gasteiger charge is 2.05. The van der Waals surface area contributed by atoms with Crippen LogP contribution >= 0.6 is 0 Å². The maximum absolute atomic E-state index is 13.1. The number of hydrogen-bond donors (Lipinski definition) is 3. The Hall–Kier alpha value is -1.67. The van der Waals surface area contributed by atoms with Gasteiger partial charge in [0.2, 0.25) is 10.0 Å². The molecule has 0 aliphatic rings. The third-order valence-corrected chi connectivity index (χ3v) is 4.97. The zero-order valence-electron chi connectivity index (χ0n) is 14.5. The van der Waals surface area contributed by atoms with Gasteiger partial charge >= 0.3 is 0 Å². The third-order valence-electron chi connectivity index (χ3n) is 3.56. The monoisotopic (exact) mass is 358 g/mol. The van der Waals surface area contributed by atoms with Crippen molar-refractivity contribution in [3.05, 3.63) is 35.1 Å². The van der Waals surface area contributed by atoms with Crippen LogP contribution in [0.1, 0.15) is 24.5 Å². The number of aryl methyl sites for hydroxylation is 1. The molecule has 0 saturated carbocycles. The summed E-state index contributed by atoms with van der Waals surface area (Å²) in [6.07, 6.45) is 1.43. The number of nitrogens with zero attached hydrogens (tertiary/aromatic N) is 1. The smallest absolute Gasteiger partial charge is 0.211 e. The van der Waals surface area contributed by atoms with Crippen molar-refractivity contribution in [3.8, 4) is 0 Å². The standard InChI is InChI=1S/C16H27FN4O2S/c1-4-24(22,23)21-10-5-9-19-16(18-3)20-11-8-14-6-7-15(17)12-13(14)2/h6-7,12,21H,4-5,8-11H2,1-3H3,(H2,18,19,20). The van der Waals surface area contributed by atoms with Crippen LogP contribution in [0.2, 0.25) is 0 Å². The van der Waals surface area contributed by atoms with Crippen LogP contribution < -0.4 is 15.4 Å². The SMILES string of the molecule is CCS(=O)(=O)NCCCNC(=NC)NCCc1ccc(F)cc1C. The second-order valence-corrected chi connectivity index (χ2v) is 7.49. The molecule has 8 heteroatoms. The van der Waals surface area contributed by atoms with E-state index in [-0.39, 0.29) is 11.6 Å².